The molecule has 21 heavy (non-hydrogen) atoms. The van der Waals surface area contributed by atoms with Crippen LogP contribution in [0.15, 0.2) is 60.7 Å². The Bertz CT molecular complexity index is 650. The van der Waals surface area contributed by atoms with Gasteiger partial charge in [0.1, 0.15) is 0 Å². The van der Waals surface area contributed by atoms with Gasteiger partial charge in [-0.15, -0.1) is 0 Å². The van der Waals surface area contributed by atoms with E-state index in [-0.39, 0.29) is 9.65 Å². The maximum absolute atomic E-state index is 12.9. The number of carbonyl (C=O) groups is 1. The molecule has 0 aliphatic rings. The molecular weight excluding hydrogens is 383 g/mol. The Labute approximate surface area is 133 Å². The van der Waals surface area contributed by atoms with Crippen molar-refractivity contribution in [1.29, 1.82) is 0 Å². The molecule has 108 valence electrons. The van der Waals surface area contributed by atoms with Gasteiger partial charge in [-0.1, -0.05) is 0 Å². The zero-order valence-electron chi connectivity index (χ0n) is 11.6. The zero-order valence-corrected chi connectivity index (χ0v) is 14.0. The number of carbonyl (C=O) groups excluding carboxylic acids is 1. The molecule has 0 radical (unpaired) electrons. The topological polar surface area (TPSA) is 26.3 Å². The van der Waals surface area contributed by atoms with Gasteiger partial charge < -0.3 is 0 Å². The van der Waals surface area contributed by atoms with Crippen LogP contribution in [0.4, 0.5) is 4.39 Å². The summed E-state index contributed by atoms with van der Waals surface area (Å²) < 4.78 is 19.5. The summed E-state index contributed by atoms with van der Waals surface area (Å²) in [6.45, 7) is 6.05. The van der Waals surface area contributed by atoms with E-state index in [0.717, 1.165) is 9.18 Å². The van der Waals surface area contributed by atoms with Gasteiger partial charge in [-0.2, -0.15) is 0 Å². The van der Waals surface area contributed by atoms with Crippen molar-refractivity contribution in [3.8, 4) is 5.75 Å². The minimum absolute atomic E-state index is 0.0734. The van der Waals surface area contributed by atoms with E-state index in [4.69, 9.17) is 4.74 Å². The predicted octanol–water partition coefficient (Wildman–Crippen LogP) is 2.95. The predicted molar refractivity (Wildman–Crippen MR) is 82.9 cm³/mol. The van der Waals surface area contributed by atoms with E-state index in [9.17, 15) is 9.18 Å². The van der Waals surface area contributed by atoms with Crippen molar-refractivity contribution < 1.29 is 13.9 Å². The molecule has 0 aromatic heterocycles. The van der Waals surface area contributed by atoms with Gasteiger partial charge in [0.15, 0.2) is 0 Å². The van der Waals surface area contributed by atoms with Crippen LogP contribution in [0.2, 0.25) is 0 Å². The van der Waals surface area contributed by atoms with E-state index in [0.29, 0.717) is 17.9 Å². The second-order valence-corrected chi connectivity index (χ2v) is 7.57. The summed E-state index contributed by atoms with van der Waals surface area (Å²) in [5.74, 6) is 0.293. The van der Waals surface area contributed by atoms with Crippen molar-refractivity contribution in [2.45, 2.75) is 6.92 Å². The van der Waals surface area contributed by atoms with E-state index < -0.39 is 20.9 Å². The third kappa shape index (κ3) is 4.70. The summed E-state index contributed by atoms with van der Waals surface area (Å²) in [7, 11) is 0. The minimum atomic E-state index is -1.08. The first-order valence-electron chi connectivity index (χ1n) is 6.40. The molecule has 0 fully saturated rings. The summed E-state index contributed by atoms with van der Waals surface area (Å²) in [6, 6.07) is 13.3. The van der Waals surface area contributed by atoms with Gasteiger partial charge in [0.25, 0.3) is 0 Å². The third-order valence-electron chi connectivity index (χ3n) is 2.61. The Morgan fingerprint density at radius 1 is 1.19 bits per heavy atom. The normalized spacial score (nSPS) is 10.2. The summed E-state index contributed by atoms with van der Waals surface area (Å²) in [5, 5.41) is 0. The molecule has 0 saturated carbocycles. The SMILES string of the molecule is C=C(C)COc1ccccc1C(=O)[Te]c1ccc(F)cc1. The van der Waals surface area contributed by atoms with Gasteiger partial charge in [-0.3, -0.25) is 0 Å². The number of hydrogen-bond acceptors (Lipinski definition) is 2. The third-order valence-corrected chi connectivity index (χ3v) is 5.21. The van der Waals surface area contributed by atoms with Crippen molar-refractivity contribution in [3.63, 3.8) is 0 Å². The zero-order chi connectivity index (χ0) is 15.2. The molecule has 2 aromatic carbocycles. The molecule has 0 spiro atoms. The van der Waals surface area contributed by atoms with Crippen molar-refractivity contribution in [2.75, 3.05) is 6.61 Å². The van der Waals surface area contributed by atoms with Crippen LogP contribution in [0.3, 0.4) is 0 Å². The standard InChI is InChI=1S/C17H15FO2Te/c1-12(2)11-20-16-6-4-3-5-15(16)17(19)21-14-9-7-13(18)8-10-14/h3-10H,1,11H2,2H3. The van der Waals surface area contributed by atoms with Crippen LogP contribution in [0.5, 0.6) is 5.75 Å². The van der Waals surface area contributed by atoms with E-state index in [1.807, 2.05) is 19.1 Å². The summed E-state index contributed by atoms with van der Waals surface area (Å²) >= 11 is -1.08. The molecule has 2 rings (SSSR count). The van der Waals surface area contributed by atoms with E-state index in [1.165, 1.54) is 12.1 Å². The Balaban J connectivity index is 2.14. The van der Waals surface area contributed by atoms with Crippen molar-refractivity contribution in [2.24, 2.45) is 0 Å². The van der Waals surface area contributed by atoms with Gasteiger partial charge in [0.05, 0.1) is 0 Å². The number of halogens is 1. The van der Waals surface area contributed by atoms with Crippen molar-refractivity contribution in [1.82, 2.24) is 0 Å². The van der Waals surface area contributed by atoms with Crippen LogP contribution >= 0.6 is 0 Å². The molecule has 0 bridgehead atoms. The van der Waals surface area contributed by atoms with Crippen LogP contribution in [0, 0.1) is 5.82 Å². The fraction of sp³-hybridized carbons (Fsp3) is 0.118. The first-order chi connectivity index (χ1) is 10.1. The number of para-hydroxylation sites is 1. The Morgan fingerprint density at radius 3 is 2.52 bits per heavy atom. The summed E-state index contributed by atoms with van der Waals surface area (Å²) in [6.07, 6.45) is 0. The van der Waals surface area contributed by atoms with Gasteiger partial charge in [0, 0.05) is 0 Å². The first-order valence-corrected chi connectivity index (χ1v) is 8.73. The van der Waals surface area contributed by atoms with Crippen LogP contribution in [0.25, 0.3) is 0 Å². The summed E-state index contributed by atoms with van der Waals surface area (Å²) in [5.41, 5.74) is 1.48. The van der Waals surface area contributed by atoms with E-state index >= 15 is 0 Å². The van der Waals surface area contributed by atoms with Crippen LogP contribution < -0.4 is 8.35 Å². The van der Waals surface area contributed by atoms with Gasteiger partial charge in [-0.05, 0) is 0 Å². The Hall–Kier alpha value is -1.63. The molecular formula is C17H15FO2Te. The van der Waals surface area contributed by atoms with Gasteiger partial charge in [-0.25, -0.2) is 0 Å². The van der Waals surface area contributed by atoms with Gasteiger partial charge in [0.2, 0.25) is 0 Å². The Kier molecular flexibility index (Phi) is 5.55. The molecule has 0 unspecified atom stereocenters. The molecule has 4 heteroatoms. The van der Waals surface area contributed by atoms with E-state index in [1.54, 1.807) is 24.3 Å². The average Bonchev–Trinajstić information content (AvgIpc) is 2.47. The number of rotatable bonds is 6. The average molecular weight is 398 g/mol. The molecule has 0 amide bonds. The van der Waals surface area contributed by atoms with Gasteiger partial charge >= 0.3 is 134 Å². The number of hydrogen-bond donors (Lipinski definition) is 0. The molecule has 2 aromatic rings. The fourth-order valence-electron chi connectivity index (χ4n) is 1.63. The molecule has 0 N–H and O–H groups in total. The number of benzene rings is 2. The quantitative estimate of drug-likeness (QED) is 0.553. The molecule has 0 saturated heterocycles. The summed E-state index contributed by atoms with van der Waals surface area (Å²) in [4.78, 5) is 12.4. The monoisotopic (exact) mass is 400 g/mol. The Morgan fingerprint density at radius 2 is 1.86 bits per heavy atom. The second-order valence-electron chi connectivity index (χ2n) is 4.59. The van der Waals surface area contributed by atoms with Crippen molar-refractivity contribution in [3.05, 3.63) is 72.1 Å². The molecule has 0 aliphatic carbocycles. The van der Waals surface area contributed by atoms with E-state index in [2.05, 4.69) is 6.58 Å². The van der Waals surface area contributed by atoms with Crippen molar-refractivity contribution >= 4 is 28.4 Å². The maximum atomic E-state index is 12.9. The molecule has 2 nitrogen and oxygen atoms in total. The van der Waals surface area contributed by atoms with Crippen LogP contribution in [-0.4, -0.2) is 31.4 Å². The molecule has 0 heterocycles. The van der Waals surface area contributed by atoms with Crippen LogP contribution in [-0.2, 0) is 0 Å². The molecule has 0 aliphatic heterocycles. The first kappa shape index (κ1) is 15.8. The number of ether oxygens (including phenoxy) is 1. The fourth-order valence-corrected chi connectivity index (χ4v) is 3.81. The van der Waals surface area contributed by atoms with Crippen LogP contribution in [0.1, 0.15) is 17.3 Å². The second kappa shape index (κ2) is 7.40. The molecule has 0 atom stereocenters.